The lowest BCUT2D eigenvalue weighted by Crippen LogP contribution is -2.50. The number of ether oxygens (including phenoxy) is 1. The molecule has 0 saturated carbocycles. The van der Waals surface area contributed by atoms with E-state index in [-0.39, 0.29) is 11.2 Å². The zero-order valence-electron chi connectivity index (χ0n) is 14.5. The Bertz CT molecular complexity index is 330. The van der Waals surface area contributed by atoms with E-state index in [1.807, 2.05) is 0 Å². The van der Waals surface area contributed by atoms with Gasteiger partial charge in [-0.25, -0.2) is 0 Å². The topological polar surface area (TPSA) is 24.5 Å². The third-order valence-corrected chi connectivity index (χ3v) is 5.51. The van der Waals surface area contributed by atoms with Gasteiger partial charge in [-0.1, -0.05) is 20.8 Å². The van der Waals surface area contributed by atoms with E-state index in [1.165, 1.54) is 13.1 Å². The molecule has 3 nitrogen and oxygen atoms in total. The molecule has 0 aromatic heterocycles. The zero-order chi connectivity index (χ0) is 15.1. The van der Waals surface area contributed by atoms with Gasteiger partial charge in [0.15, 0.2) is 0 Å². The van der Waals surface area contributed by atoms with Crippen molar-refractivity contribution in [1.29, 1.82) is 0 Å². The van der Waals surface area contributed by atoms with Crippen molar-refractivity contribution < 1.29 is 4.74 Å². The van der Waals surface area contributed by atoms with Crippen molar-refractivity contribution in [1.82, 2.24) is 10.2 Å². The predicted octanol–water partition coefficient (Wildman–Crippen LogP) is 2.76. The third-order valence-electron chi connectivity index (χ3n) is 5.51. The lowest BCUT2D eigenvalue weighted by molar-refractivity contribution is -0.0793. The van der Waals surface area contributed by atoms with Gasteiger partial charge >= 0.3 is 0 Å². The number of rotatable bonds is 4. The van der Waals surface area contributed by atoms with Gasteiger partial charge in [-0.3, -0.25) is 0 Å². The fourth-order valence-corrected chi connectivity index (χ4v) is 4.31. The summed E-state index contributed by atoms with van der Waals surface area (Å²) in [6.07, 6.45) is 0. The molecule has 1 N–H and O–H groups in total. The van der Waals surface area contributed by atoms with Crippen molar-refractivity contribution in [2.24, 2.45) is 17.8 Å². The van der Waals surface area contributed by atoms with Crippen molar-refractivity contribution >= 4 is 0 Å². The molecule has 0 bridgehead atoms. The minimum Gasteiger partial charge on any atom is -0.368 e. The second kappa shape index (κ2) is 5.58. The predicted molar refractivity (Wildman–Crippen MR) is 85.0 cm³/mol. The van der Waals surface area contributed by atoms with Crippen LogP contribution in [-0.2, 0) is 4.74 Å². The van der Waals surface area contributed by atoms with E-state index in [2.05, 4.69) is 58.7 Å². The van der Waals surface area contributed by atoms with E-state index in [9.17, 15) is 0 Å². The largest absolute Gasteiger partial charge is 0.368 e. The van der Waals surface area contributed by atoms with Crippen LogP contribution >= 0.6 is 0 Å². The fourth-order valence-electron chi connectivity index (χ4n) is 4.31. The first-order valence-corrected chi connectivity index (χ1v) is 8.33. The number of likely N-dealkylation sites (N-methyl/N-ethyl adjacent to an activating group) is 1. The maximum Gasteiger partial charge on any atom is 0.0790 e. The minimum absolute atomic E-state index is 0.0502. The van der Waals surface area contributed by atoms with Crippen LogP contribution in [0.2, 0.25) is 0 Å². The average Bonchev–Trinajstić information content (AvgIpc) is 2.68. The zero-order valence-corrected chi connectivity index (χ0v) is 14.5. The van der Waals surface area contributed by atoms with Crippen molar-refractivity contribution in [2.45, 2.75) is 65.7 Å². The smallest absolute Gasteiger partial charge is 0.0790 e. The Hall–Kier alpha value is -0.120. The maximum absolute atomic E-state index is 6.39. The lowest BCUT2D eigenvalue weighted by Gasteiger charge is -2.33. The molecule has 2 rings (SSSR count). The van der Waals surface area contributed by atoms with Crippen LogP contribution < -0.4 is 5.32 Å². The Kier molecular flexibility index (Phi) is 4.54. The molecule has 0 spiro atoms. The first kappa shape index (κ1) is 16.3. The summed E-state index contributed by atoms with van der Waals surface area (Å²) in [7, 11) is 0. The SMILES string of the molecule is CCNC1C(CN2CC(C)C(C)C2)C(C)(C)OC1(C)C. The molecule has 0 amide bonds. The Labute approximate surface area is 125 Å². The van der Waals surface area contributed by atoms with Gasteiger partial charge in [-0.2, -0.15) is 0 Å². The van der Waals surface area contributed by atoms with Crippen LogP contribution in [0.15, 0.2) is 0 Å². The van der Waals surface area contributed by atoms with E-state index in [0.29, 0.717) is 12.0 Å². The quantitative estimate of drug-likeness (QED) is 0.858. The highest BCUT2D eigenvalue weighted by atomic mass is 16.5. The Morgan fingerprint density at radius 1 is 1.05 bits per heavy atom. The summed E-state index contributed by atoms with van der Waals surface area (Å²) in [5.74, 6) is 2.20. The molecule has 0 aromatic rings. The summed E-state index contributed by atoms with van der Waals surface area (Å²) >= 11 is 0. The molecule has 20 heavy (non-hydrogen) atoms. The first-order valence-electron chi connectivity index (χ1n) is 8.33. The van der Waals surface area contributed by atoms with Gasteiger partial charge in [0.2, 0.25) is 0 Å². The van der Waals surface area contributed by atoms with Crippen LogP contribution in [0.25, 0.3) is 0 Å². The summed E-state index contributed by atoms with van der Waals surface area (Å²) < 4.78 is 6.39. The van der Waals surface area contributed by atoms with Gasteiger partial charge in [-0.15, -0.1) is 0 Å². The molecule has 2 aliphatic rings. The highest BCUT2D eigenvalue weighted by molar-refractivity contribution is 5.06. The van der Waals surface area contributed by atoms with Gasteiger partial charge < -0.3 is 15.0 Å². The van der Waals surface area contributed by atoms with Crippen molar-refractivity contribution in [3.63, 3.8) is 0 Å². The van der Waals surface area contributed by atoms with Gasteiger partial charge in [0, 0.05) is 31.6 Å². The second-order valence-corrected chi connectivity index (χ2v) is 8.12. The Morgan fingerprint density at radius 3 is 2.10 bits per heavy atom. The Morgan fingerprint density at radius 2 is 1.60 bits per heavy atom. The van der Waals surface area contributed by atoms with Crippen LogP contribution in [0.3, 0.4) is 0 Å². The summed E-state index contributed by atoms with van der Waals surface area (Å²) in [5, 5.41) is 3.69. The molecule has 2 fully saturated rings. The van der Waals surface area contributed by atoms with Crippen LogP contribution in [0.4, 0.5) is 0 Å². The number of nitrogens with one attached hydrogen (secondary N) is 1. The van der Waals surface area contributed by atoms with Crippen molar-refractivity contribution in [3.8, 4) is 0 Å². The molecule has 4 atom stereocenters. The highest BCUT2D eigenvalue weighted by Crippen LogP contribution is 2.43. The molecule has 2 saturated heterocycles. The van der Waals surface area contributed by atoms with Gasteiger partial charge in [-0.05, 0) is 46.1 Å². The molecular weight excluding hydrogens is 248 g/mol. The lowest BCUT2D eigenvalue weighted by atomic mass is 9.82. The van der Waals surface area contributed by atoms with Gasteiger partial charge in [0.1, 0.15) is 0 Å². The molecule has 118 valence electrons. The first-order chi connectivity index (χ1) is 9.17. The van der Waals surface area contributed by atoms with Gasteiger partial charge in [0.05, 0.1) is 11.2 Å². The normalized spacial score (nSPS) is 40.4. The molecule has 2 heterocycles. The molecule has 0 aromatic carbocycles. The molecular formula is C17H34N2O. The second-order valence-electron chi connectivity index (χ2n) is 8.12. The van der Waals surface area contributed by atoms with E-state index in [0.717, 1.165) is 24.9 Å². The van der Waals surface area contributed by atoms with Crippen LogP contribution in [0.1, 0.15) is 48.5 Å². The van der Waals surface area contributed by atoms with Crippen molar-refractivity contribution in [2.75, 3.05) is 26.2 Å². The number of hydrogen-bond acceptors (Lipinski definition) is 3. The maximum atomic E-state index is 6.39. The van der Waals surface area contributed by atoms with E-state index in [4.69, 9.17) is 4.74 Å². The van der Waals surface area contributed by atoms with Gasteiger partial charge in [0.25, 0.3) is 0 Å². The van der Waals surface area contributed by atoms with E-state index >= 15 is 0 Å². The summed E-state index contributed by atoms with van der Waals surface area (Å²) in [6.45, 7) is 20.6. The van der Waals surface area contributed by atoms with Crippen LogP contribution in [0.5, 0.6) is 0 Å². The van der Waals surface area contributed by atoms with E-state index < -0.39 is 0 Å². The Balaban J connectivity index is 2.10. The number of hydrogen-bond donors (Lipinski definition) is 1. The number of likely N-dealkylation sites (tertiary alicyclic amines) is 1. The minimum atomic E-state index is -0.0822. The molecule has 3 heteroatoms. The molecule has 4 unspecified atom stereocenters. The third kappa shape index (κ3) is 3.05. The van der Waals surface area contributed by atoms with Crippen LogP contribution in [-0.4, -0.2) is 48.3 Å². The average molecular weight is 282 g/mol. The van der Waals surface area contributed by atoms with Crippen LogP contribution in [0, 0.1) is 17.8 Å². The fraction of sp³-hybridized carbons (Fsp3) is 1.00. The highest BCUT2D eigenvalue weighted by Gasteiger charge is 2.53. The van der Waals surface area contributed by atoms with Crippen molar-refractivity contribution in [3.05, 3.63) is 0 Å². The number of nitrogens with zero attached hydrogens (tertiary/aromatic N) is 1. The van der Waals surface area contributed by atoms with E-state index in [1.54, 1.807) is 0 Å². The monoisotopic (exact) mass is 282 g/mol. The summed E-state index contributed by atoms with van der Waals surface area (Å²) in [6, 6.07) is 0.439. The summed E-state index contributed by atoms with van der Waals surface area (Å²) in [5.41, 5.74) is -0.132. The summed E-state index contributed by atoms with van der Waals surface area (Å²) in [4.78, 5) is 2.65. The standard InChI is InChI=1S/C17H34N2O/c1-8-18-15-14(16(4,5)20-17(15,6)7)11-19-9-12(2)13(3)10-19/h12-15,18H,8-11H2,1-7H3. The molecule has 2 aliphatic heterocycles. The molecule has 0 aliphatic carbocycles. The molecule has 0 radical (unpaired) electrons.